The third kappa shape index (κ3) is 5.86. The van der Waals surface area contributed by atoms with Gasteiger partial charge >= 0.3 is 5.63 Å². The lowest BCUT2D eigenvalue weighted by Gasteiger charge is -2.21. The number of anilines is 2. The highest BCUT2D eigenvalue weighted by Gasteiger charge is 2.19. The summed E-state index contributed by atoms with van der Waals surface area (Å²) in [5.74, 6) is -0.343. The van der Waals surface area contributed by atoms with E-state index >= 15 is 0 Å². The maximum absolute atomic E-state index is 12.9. The number of aromatic nitrogens is 1. The molecule has 0 atom stereocenters. The van der Waals surface area contributed by atoms with Crippen LogP contribution in [0.5, 0.6) is 5.75 Å². The predicted octanol–water partition coefficient (Wildman–Crippen LogP) is 6.21. The van der Waals surface area contributed by atoms with Crippen molar-refractivity contribution in [1.82, 2.24) is 10.4 Å². The van der Waals surface area contributed by atoms with Crippen LogP contribution in [0.2, 0.25) is 0 Å². The number of aromatic hydroxyl groups is 1. The second kappa shape index (κ2) is 12.6. The van der Waals surface area contributed by atoms with E-state index in [2.05, 4.69) is 34.6 Å². The Bertz CT molecular complexity index is 1930. The molecule has 1 aliphatic carbocycles. The van der Waals surface area contributed by atoms with Crippen LogP contribution in [0.4, 0.5) is 17.1 Å². The Morgan fingerprint density at radius 2 is 1.80 bits per heavy atom. The van der Waals surface area contributed by atoms with Gasteiger partial charge in [0.1, 0.15) is 16.9 Å². The number of aryl methyl sites for hydroxylation is 1. The van der Waals surface area contributed by atoms with Crippen molar-refractivity contribution in [3.05, 3.63) is 99.5 Å². The zero-order valence-corrected chi connectivity index (χ0v) is 24.9. The van der Waals surface area contributed by atoms with Crippen molar-refractivity contribution < 1.29 is 14.3 Å². The number of nitrogens with one attached hydrogen (secondary N) is 2. The first-order chi connectivity index (χ1) is 21.4. The molecule has 3 N–H and O–H groups in total. The number of fused-ring (bicyclic) bond motifs is 3. The van der Waals surface area contributed by atoms with Gasteiger partial charge < -0.3 is 14.4 Å². The van der Waals surface area contributed by atoms with E-state index in [9.17, 15) is 14.7 Å². The van der Waals surface area contributed by atoms with Crippen LogP contribution in [0.15, 0.2) is 80.9 Å². The van der Waals surface area contributed by atoms with Crippen molar-refractivity contribution in [3.8, 4) is 5.75 Å². The summed E-state index contributed by atoms with van der Waals surface area (Å²) < 4.78 is 5.53. The second-order valence-electron chi connectivity index (χ2n) is 10.9. The lowest BCUT2D eigenvalue weighted by molar-refractivity contribution is -0.119. The highest BCUT2D eigenvalue weighted by Crippen LogP contribution is 2.33. The van der Waals surface area contributed by atoms with Gasteiger partial charge in [-0.3, -0.25) is 25.6 Å². The molecule has 9 nitrogen and oxygen atoms in total. The summed E-state index contributed by atoms with van der Waals surface area (Å²) in [6, 6.07) is 20.5. The van der Waals surface area contributed by atoms with Crippen LogP contribution in [0, 0.1) is 0 Å². The minimum atomic E-state index is -0.667. The van der Waals surface area contributed by atoms with E-state index < -0.39 is 5.63 Å². The SMILES string of the molecule is CCN(CC)c1ccc2c(O)c(C=Nc3ccc(CC(=O)NNc4c5c(nc6ccccc46)CCCC5)cc3)c(=O)oc2c1. The molecule has 5 aromatic rings. The molecular formula is C35H35N5O4. The zero-order valence-electron chi connectivity index (χ0n) is 24.9. The normalized spacial score (nSPS) is 12.9. The summed E-state index contributed by atoms with van der Waals surface area (Å²) in [6.07, 6.45) is 5.59. The topological polar surface area (TPSA) is 120 Å². The Labute approximate surface area is 255 Å². The van der Waals surface area contributed by atoms with E-state index in [-0.39, 0.29) is 23.6 Å². The van der Waals surface area contributed by atoms with Crippen molar-refractivity contribution >= 4 is 51.1 Å². The van der Waals surface area contributed by atoms with Gasteiger partial charge in [-0.15, -0.1) is 0 Å². The third-order valence-corrected chi connectivity index (χ3v) is 8.17. The first-order valence-corrected chi connectivity index (χ1v) is 15.1. The fourth-order valence-electron chi connectivity index (χ4n) is 5.80. The minimum Gasteiger partial charge on any atom is -0.506 e. The van der Waals surface area contributed by atoms with E-state index in [1.54, 1.807) is 24.3 Å². The molecular weight excluding hydrogens is 554 g/mol. The number of amides is 1. The number of rotatable bonds is 9. The molecule has 0 saturated carbocycles. The Kier molecular flexibility index (Phi) is 8.27. The van der Waals surface area contributed by atoms with Gasteiger partial charge in [-0.25, -0.2) is 4.79 Å². The third-order valence-electron chi connectivity index (χ3n) is 8.17. The Morgan fingerprint density at radius 1 is 1.02 bits per heavy atom. The number of carbonyl (C=O) groups excluding carboxylic acids is 1. The quantitative estimate of drug-likeness (QED) is 0.106. The standard InChI is InChI=1S/C35H35N5O4/c1-3-40(4-2)24-17-18-27-31(20-24)44-35(43)28(34(27)42)21-36-23-15-13-22(14-16-23)19-32(41)38-39-33-25-9-5-7-11-29(25)37-30-12-8-6-10-26(30)33/h5,7,9,11,13-18,20-21,42H,3-4,6,8,10,12,19H2,1-2H3,(H,37,39)(H,38,41). The number of pyridine rings is 1. The molecule has 0 bridgehead atoms. The molecule has 0 aliphatic heterocycles. The maximum Gasteiger partial charge on any atom is 0.348 e. The largest absolute Gasteiger partial charge is 0.506 e. The van der Waals surface area contributed by atoms with Crippen LogP contribution in [0.25, 0.3) is 21.9 Å². The smallest absolute Gasteiger partial charge is 0.348 e. The highest BCUT2D eigenvalue weighted by molar-refractivity contribution is 5.96. The van der Waals surface area contributed by atoms with Crippen molar-refractivity contribution in [3.63, 3.8) is 0 Å². The zero-order chi connectivity index (χ0) is 30.6. The predicted molar refractivity (Wildman–Crippen MR) is 175 cm³/mol. The van der Waals surface area contributed by atoms with Crippen molar-refractivity contribution in [1.29, 1.82) is 0 Å². The molecule has 0 unspecified atom stereocenters. The highest BCUT2D eigenvalue weighted by atomic mass is 16.4. The number of benzene rings is 3. The Balaban J connectivity index is 1.13. The molecule has 0 radical (unpaired) electrons. The minimum absolute atomic E-state index is 0.0200. The van der Waals surface area contributed by atoms with Crippen LogP contribution >= 0.6 is 0 Å². The van der Waals surface area contributed by atoms with E-state index in [0.29, 0.717) is 16.7 Å². The number of hydrazine groups is 1. The number of aliphatic imine (C=N–C) groups is 1. The van der Waals surface area contributed by atoms with E-state index in [0.717, 1.165) is 72.3 Å². The lowest BCUT2D eigenvalue weighted by atomic mass is 9.93. The number of hydrogen-bond donors (Lipinski definition) is 3. The number of nitrogens with zero attached hydrogens (tertiary/aromatic N) is 3. The van der Waals surface area contributed by atoms with Crippen LogP contribution < -0.4 is 21.4 Å². The lowest BCUT2D eigenvalue weighted by Crippen LogP contribution is -2.31. The van der Waals surface area contributed by atoms with Gasteiger partial charge in [0.05, 0.1) is 28.7 Å². The molecule has 0 fully saturated rings. The number of carbonyl (C=O) groups is 1. The van der Waals surface area contributed by atoms with Crippen LogP contribution in [-0.2, 0) is 24.1 Å². The molecule has 44 heavy (non-hydrogen) atoms. The summed E-state index contributed by atoms with van der Waals surface area (Å²) in [5, 5.41) is 12.3. The fraction of sp³-hybridized carbons (Fsp3) is 0.257. The van der Waals surface area contributed by atoms with Crippen LogP contribution in [-0.4, -0.2) is 35.3 Å². The van der Waals surface area contributed by atoms with Crippen LogP contribution in [0.1, 0.15) is 49.1 Å². The Morgan fingerprint density at radius 3 is 2.59 bits per heavy atom. The number of para-hydroxylation sites is 1. The van der Waals surface area contributed by atoms with Gasteiger partial charge in [0, 0.05) is 42.1 Å². The van der Waals surface area contributed by atoms with Gasteiger partial charge in [-0.2, -0.15) is 0 Å². The summed E-state index contributed by atoms with van der Waals surface area (Å²) in [6.45, 7) is 5.73. The average molecular weight is 590 g/mol. The Hall–Kier alpha value is -5.18. The second-order valence-corrected chi connectivity index (χ2v) is 10.9. The summed E-state index contributed by atoms with van der Waals surface area (Å²) in [5.41, 5.74) is 12.1. The molecule has 1 aliphatic rings. The molecule has 6 rings (SSSR count). The first-order valence-electron chi connectivity index (χ1n) is 15.1. The molecule has 1 amide bonds. The number of hydrogen-bond acceptors (Lipinski definition) is 8. The van der Waals surface area contributed by atoms with E-state index in [1.165, 1.54) is 11.8 Å². The average Bonchev–Trinajstić information content (AvgIpc) is 3.04. The first kappa shape index (κ1) is 28.9. The van der Waals surface area contributed by atoms with Gasteiger partial charge in [0.15, 0.2) is 0 Å². The van der Waals surface area contributed by atoms with Gasteiger partial charge in [-0.1, -0.05) is 30.3 Å². The summed E-state index contributed by atoms with van der Waals surface area (Å²) >= 11 is 0. The molecule has 2 heterocycles. The summed E-state index contributed by atoms with van der Waals surface area (Å²) in [7, 11) is 0. The monoisotopic (exact) mass is 589 g/mol. The summed E-state index contributed by atoms with van der Waals surface area (Å²) in [4.78, 5) is 36.9. The van der Waals surface area contributed by atoms with Gasteiger partial charge in [0.2, 0.25) is 5.91 Å². The maximum atomic E-state index is 12.9. The van der Waals surface area contributed by atoms with E-state index in [1.807, 2.05) is 42.5 Å². The fourth-order valence-corrected chi connectivity index (χ4v) is 5.80. The van der Waals surface area contributed by atoms with Gasteiger partial charge in [-0.05, 0) is 81.0 Å². The van der Waals surface area contributed by atoms with Crippen LogP contribution in [0.3, 0.4) is 0 Å². The van der Waals surface area contributed by atoms with Gasteiger partial charge in [0.25, 0.3) is 0 Å². The van der Waals surface area contributed by atoms with E-state index in [4.69, 9.17) is 9.40 Å². The van der Waals surface area contributed by atoms with Crippen molar-refractivity contribution in [2.75, 3.05) is 23.4 Å². The molecule has 3 aromatic carbocycles. The molecule has 0 saturated heterocycles. The molecule has 224 valence electrons. The molecule has 0 spiro atoms. The van der Waals surface area contributed by atoms with Crippen molar-refractivity contribution in [2.45, 2.75) is 46.0 Å². The molecule has 9 heteroatoms. The van der Waals surface area contributed by atoms with Crippen molar-refractivity contribution in [2.24, 2.45) is 4.99 Å². The molecule has 2 aromatic heterocycles.